The fourth-order valence-electron chi connectivity index (χ4n) is 5.54. The molecule has 1 saturated heterocycles. The summed E-state index contributed by atoms with van der Waals surface area (Å²) in [5.41, 5.74) is 5.93. The Morgan fingerprint density at radius 1 is 1.19 bits per heavy atom. The summed E-state index contributed by atoms with van der Waals surface area (Å²) < 4.78 is 5.56. The zero-order valence-electron chi connectivity index (χ0n) is 16.3. The van der Waals surface area contributed by atoms with E-state index in [1.54, 1.807) is 12.7 Å². The maximum atomic E-state index is 5.56. The van der Waals surface area contributed by atoms with E-state index < -0.39 is 0 Å². The lowest BCUT2D eigenvalue weighted by atomic mass is 9.59. The quantitative estimate of drug-likeness (QED) is 0.742. The number of hydrogen-bond donors (Lipinski definition) is 1. The van der Waals surface area contributed by atoms with Crippen LogP contribution in [-0.2, 0) is 18.3 Å². The molecule has 27 heavy (non-hydrogen) atoms. The average Bonchev–Trinajstić information content (AvgIpc) is 3.08. The molecule has 2 aliphatic rings. The number of para-hydroxylation sites is 1. The van der Waals surface area contributed by atoms with E-state index in [0.717, 1.165) is 25.1 Å². The number of hydrogen-bond acceptors (Lipinski definition) is 2. The van der Waals surface area contributed by atoms with Crippen molar-refractivity contribution in [1.29, 1.82) is 0 Å². The number of aromatic nitrogens is 1. The summed E-state index contributed by atoms with van der Waals surface area (Å²) in [7, 11) is 1.77. The first-order valence-corrected chi connectivity index (χ1v) is 10.2. The predicted octanol–water partition coefficient (Wildman–Crippen LogP) is 4.55. The van der Waals surface area contributed by atoms with Gasteiger partial charge in [0.15, 0.2) is 0 Å². The highest BCUT2D eigenvalue weighted by Gasteiger charge is 2.47. The molecule has 1 aromatic heterocycles. The number of nitrogens with zero attached hydrogens (tertiary/aromatic N) is 1. The average molecular weight is 361 g/mol. The molecule has 140 valence electrons. The fraction of sp³-hybridized carbons (Fsp3) is 0.417. The summed E-state index contributed by atoms with van der Waals surface area (Å²) in [5.74, 6) is 1.62. The smallest absolute Gasteiger partial charge is 0.119 e. The number of benzene rings is 2. The Balaban J connectivity index is 1.65. The normalized spacial score (nSPS) is 25.2. The molecule has 3 heteroatoms. The van der Waals surface area contributed by atoms with Crippen molar-refractivity contribution in [3.05, 3.63) is 65.4 Å². The van der Waals surface area contributed by atoms with E-state index >= 15 is 0 Å². The zero-order valence-corrected chi connectivity index (χ0v) is 16.3. The van der Waals surface area contributed by atoms with Crippen LogP contribution < -0.4 is 4.74 Å². The third-order valence-electron chi connectivity index (χ3n) is 7.07. The number of H-pyrrole nitrogens is 1. The lowest BCUT2D eigenvalue weighted by Crippen LogP contribution is -2.53. The van der Waals surface area contributed by atoms with Gasteiger partial charge in [-0.15, -0.1) is 0 Å². The molecule has 0 unspecified atom stereocenters. The number of fused-ring (bicyclic) bond motifs is 4. The van der Waals surface area contributed by atoms with E-state index in [-0.39, 0.29) is 5.41 Å². The van der Waals surface area contributed by atoms with Crippen LogP contribution in [0.5, 0.6) is 5.75 Å². The van der Waals surface area contributed by atoms with E-state index in [4.69, 9.17) is 4.74 Å². The minimum Gasteiger partial charge on any atom is -0.497 e. The van der Waals surface area contributed by atoms with Crippen molar-refractivity contribution in [3.8, 4) is 5.75 Å². The molecular weight excluding hydrogens is 332 g/mol. The largest absolute Gasteiger partial charge is 0.497 e. The molecule has 1 fully saturated rings. The van der Waals surface area contributed by atoms with Gasteiger partial charge in [-0.3, -0.25) is 0 Å². The van der Waals surface area contributed by atoms with Crippen molar-refractivity contribution >= 4 is 10.9 Å². The number of aromatic amines is 1. The van der Waals surface area contributed by atoms with Crippen LogP contribution in [0.3, 0.4) is 0 Å². The number of piperidine rings is 1. The molecule has 0 spiro atoms. The van der Waals surface area contributed by atoms with Gasteiger partial charge in [0.1, 0.15) is 5.75 Å². The molecular formula is C24H28N2O. The van der Waals surface area contributed by atoms with Crippen molar-refractivity contribution in [1.82, 2.24) is 9.88 Å². The van der Waals surface area contributed by atoms with Gasteiger partial charge >= 0.3 is 0 Å². The number of likely N-dealkylation sites (tertiary alicyclic amines) is 1. The monoisotopic (exact) mass is 360 g/mol. The van der Waals surface area contributed by atoms with Gasteiger partial charge in [0.2, 0.25) is 0 Å². The Bertz CT molecular complexity index is 975. The Morgan fingerprint density at radius 2 is 2.07 bits per heavy atom. The van der Waals surface area contributed by atoms with Crippen LogP contribution in [0.2, 0.25) is 0 Å². The second-order valence-corrected chi connectivity index (χ2v) is 8.24. The standard InChI is InChI=1S/C24H28N2O/c1-3-26-12-11-24(17-7-6-8-19(13-17)27-2)15-23-21(14-18(24)16-26)20-9-4-5-10-22(20)25-23/h4-10,13,18,25H,3,11-12,14-16H2,1-2H3/t18-,24+/m1/s1. The van der Waals surface area contributed by atoms with E-state index in [2.05, 4.69) is 65.3 Å². The molecule has 0 radical (unpaired) electrons. The Labute approximate surface area is 161 Å². The third-order valence-corrected chi connectivity index (χ3v) is 7.07. The summed E-state index contributed by atoms with van der Waals surface area (Å²) in [5, 5.41) is 1.42. The van der Waals surface area contributed by atoms with Crippen molar-refractivity contribution in [3.63, 3.8) is 0 Å². The van der Waals surface area contributed by atoms with Gasteiger partial charge in [-0.1, -0.05) is 37.3 Å². The first-order valence-electron chi connectivity index (χ1n) is 10.2. The molecule has 0 saturated carbocycles. The van der Waals surface area contributed by atoms with Crippen molar-refractivity contribution in [2.75, 3.05) is 26.7 Å². The molecule has 2 aromatic carbocycles. The summed E-state index contributed by atoms with van der Waals surface area (Å²) in [4.78, 5) is 6.38. The maximum Gasteiger partial charge on any atom is 0.119 e. The summed E-state index contributed by atoms with van der Waals surface area (Å²) >= 11 is 0. The van der Waals surface area contributed by atoms with E-state index in [0.29, 0.717) is 5.92 Å². The molecule has 1 N–H and O–H groups in total. The molecule has 3 aromatic rings. The van der Waals surface area contributed by atoms with Gasteiger partial charge in [0, 0.05) is 28.6 Å². The minimum absolute atomic E-state index is 0.202. The third kappa shape index (κ3) is 2.60. The Hall–Kier alpha value is -2.26. The van der Waals surface area contributed by atoms with Crippen LogP contribution in [0.15, 0.2) is 48.5 Å². The van der Waals surface area contributed by atoms with Crippen LogP contribution in [-0.4, -0.2) is 36.6 Å². The Kier molecular flexibility index (Phi) is 4.01. The SMILES string of the molecule is CCN1CC[C@@]2(c3cccc(OC)c3)Cc3[nH]c4ccccc4c3C[C@@H]2C1. The fourth-order valence-corrected chi connectivity index (χ4v) is 5.54. The predicted molar refractivity (Wildman–Crippen MR) is 111 cm³/mol. The lowest BCUT2D eigenvalue weighted by molar-refractivity contribution is 0.0852. The van der Waals surface area contributed by atoms with Crippen LogP contribution in [0.1, 0.15) is 30.2 Å². The first-order chi connectivity index (χ1) is 13.2. The second kappa shape index (κ2) is 6.42. The summed E-state index contributed by atoms with van der Waals surface area (Å²) in [6, 6.07) is 17.6. The maximum absolute atomic E-state index is 5.56. The summed E-state index contributed by atoms with van der Waals surface area (Å²) in [6.45, 7) is 5.80. The van der Waals surface area contributed by atoms with Crippen molar-refractivity contribution in [2.24, 2.45) is 5.92 Å². The van der Waals surface area contributed by atoms with E-state index in [9.17, 15) is 0 Å². The van der Waals surface area contributed by atoms with Gasteiger partial charge in [-0.25, -0.2) is 0 Å². The van der Waals surface area contributed by atoms with Gasteiger partial charge < -0.3 is 14.6 Å². The highest BCUT2D eigenvalue weighted by Crippen LogP contribution is 2.49. The van der Waals surface area contributed by atoms with Gasteiger partial charge in [-0.05, 0) is 67.6 Å². The highest BCUT2D eigenvalue weighted by atomic mass is 16.5. The second-order valence-electron chi connectivity index (χ2n) is 8.24. The van der Waals surface area contributed by atoms with Crippen molar-refractivity contribution < 1.29 is 4.74 Å². The minimum atomic E-state index is 0.202. The van der Waals surface area contributed by atoms with E-state index in [1.807, 2.05) is 0 Å². The molecule has 1 aliphatic carbocycles. The molecule has 2 atom stereocenters. The molecule has 5 rings (SSSR count). The van der Waals surface area contributed by atoms with Gasteiger partial charge in [-0.2, -0.15) is 0 Å². The number of rotatable bonds is 3. The summed E-state index contributed by atoms with van der Waals surface area (Å²) in [6.07, 6.45) is 3.48. The first kappa shape index (κ1) is 16.9. The number of nitrogens with one attached hydrogen (secondary N) is 1. The van der Waals surface area contributed by atoms with E-state index in [1.165, 1.54) is 41.7 Å². The highest BCUT2D eigenvalue weighted by molar-refractivity contribution is 5.85. The molecule has 1 aliphatic heterocycles. The van der Waals surface area contributed by atoms with Crippen LogP contribution in [0, 0.1) is 5.92 Å². The van der Waals surface area contributed by atoms with Crippen LogP contribution in [0.25, 0.3) is 10.9 Å². The molecule has 0 bridgehead atoms. The van der Waals surface area contributed by atoms with Gasteiger partial charge in [0.05, 0.1) is 7.11 Å². The number of ether oxygens (including phenoxy) is 1. The zero-order chi connectivity index (χ0) is 18.4. The Morgan fingerprint density at radius 3 is 2.93 bits per heavy atom. The molecule has 3 nitrogen and oxygen atoms in total. The van der Waals surface area contributed by atoms with Crippen LogP contribution in [0.4, 0.5) is 0 Å². The van der Waals surface area contributed by atoms with Crippen LogP contribution >= 0.6 is 0 Å². The van der Waals surface area contributed by atoms with Gasteiger partial charge in [0.25, 0.3) is 0 Å². The lowest BCUT2D eigenvalue weighted by Gasteiger charge is -2.51. The molecule has 2 heterocycles. The van der Waals surface area contributed by atoms with Crippen molar-refractivity contribution in [2.45, 2.75) is 31.6 Å². The molecule has 0 amide bonds. The topological polar surface area (TPSA) is 28.3 Å². The number of methoxy groups -OCH3 is 1.